The highest BCUT2D eigenvalue weighted by atomic mass is 19.1. The van der Waals surface area contributed by atoms with Gasteiger partial charge in [0, 0.05) is 37.7 Å². The van der Waals surface area contributed by atoms with Crippen molar-refractivity contribution >= 4 is 11.4 Å². The lowest BCUT2D eigenvalue weighted by Gasteiger charge is -2.21. The highest BCUT2D eigenvalue weighted by molar-refractivity contribution is 5.70. The SMILES string of the molecule is COc1cc(N2CCC(CO)C2)c(N)cc1F. The summed E-state index contributed by atoms with van der Waals surface area (Å²) < 4.78 is 18.3. The number of methoxy groups -OCH3 is 1. The summed E-state index contributed by atoms with van der Waals surface area (Å²) in [4.78, 5) is 2.05. The summed E-state index contributed by atoms with van der Waals surface area (Å²) in [5.74, 6) is 0.0127. The van der Waals surface area contributed by atoms with Crippen LogP contribution in [0.1, 0.15) is 6.42 Å². The number of ether oxygens (including phenoxy) is 1. The molecule has 94 valence electrons. The zero-order valence-corrected chi connectivity index (χ0v) is 9.82. The molecule has 0 aliphatic carbocycles. The third kappa shape index (κ3) is 2.29. The minimum absolute atomic E-state index is 0.175. The van der Waals surface area contributed by atoms with Gasteiger partial charge in [-0.25, -0.2) is 4.39 Å². The van der Waals surface area contributed by atoms with Crippen molar-refractivity contribution in [1.29, 1.82) is 0 Å². The topological polar surface area (TPSA) is 58.7 Å². The summed E-state index contributed by atoms with van der Waals surface area (Å²) in [6.07, 6.45) is 0.926. The predicted molar refractivity (Wildman–Crippen MR) is 64.8 cm³/mol. The predicted octanol–water partition coefficient (Wildman–Crippen LogP) is 1.24. The Morgan fingerprint density at radius 1 is 1.59 bits per heavy atom. The molecule has 1 unspecified atom stereocenters. The Hall–Kier alpha value is -1.49. The first-order chi connectivity index (χ1) is 8.15. The fourth-order valence-electron chi connectivity index (χ4n) is 2.19. The van der Waals surface area contributed by atoms with Gasteiger partial charge in [0.05, 0.1) is 18.5 Å². The van der Waals surface area contributed by atoms with Gasteiger partial charge in [-0.2, -0.15) is 0 Å². The first kappa shape index (κ1) is 12.0. The molecule has 1 aliphatic rings. The molecule has 0 bridgehead atoms. The molecule has 2 rings (SSSR count). The highest BCUT2D eigenvalue weighted by Gasteiger charge is 2.24. The maximum absolute atomic E-state index is 13.4. The number of nitrogens with zero attached hydrogens (tertiary/aromatic N) is 1. The summed E-state index contributed by atoms with van der Waals surface area (Å²) >= 11 is 0. The van der Waals surface area contributed by atoms with Crippen molar-refractivity contribution in [3.8, 4) is 5.75 Å². The third-order valence-electron chi connectivity index (χ3n) is 3.19. The third-order valence-corrected chi connectivity index (χ3v) is 3.19. The van der Waals surface area contributed by atoms with E-state index in [1.807, 2.05) is 0 Å². The van der Waals surface area contributed by atoms with Gasteiger partial charge < -0.3 is 20.5 Å². The highest BCUT2D eigenvalue weighted by Crippen LogP contribution is 2.33. The number of anilines is 2. The molecule has 1 fully saturated rings. The fourth-order valence-corrected chi connectivity index (χ4v) is 2.19. The Morgan fingerprint density at radius 2 is 2.35 bits per heavy atom. The Kier molecular flexibility index (Phi) is 3.38. The number of aliphatic hydroxyl groups excluding tert-OH is 1. The van der Waals surface area contributed by atoms with E-state index in [-0.39, 0.29) is 18.3 Å². The quantitative estimate of drug-likeness (QED) is 0.780. The van der Waals surface area contributed by atoms with Gasteiger partial charge in [-0.05, 0) is 6.42 Å². The largest absolute Gasteiger partial charge is 0.494 e. The monoisotopic (exact) mass is 240 g/mol. The van der Waals surface area contributed by atoms with Gasteiger partial charge in [-0.3, -0.25) is 0 Å². The van der Waals surface area contributed by atoms with Gasteiger partial charge in [0.1, 0.15) is 0 Å². The van der Waals surface area contributed by atoms with Crippen molar-refractivity contribution in [2.45, 2.75) is 6.42 Å². The molecule has 0 radical (unpaired) electrons. The Morgan fingerprint density at radius 3 is 2.94 bits per heavy atom. The van der Waals surface area contributed by atoms with Gasteiger partial charge in [-0.1, -0.05) is 0 Å². The molecule has 1 heterocycles. The molecule has 0 spiro atoms. The number of nitrogens with two attached hydrogens (primary N) is 1. The Balaban J connectivity index is 2.26. The molecule has 1 aromatic rings. The van der Waals surface area contributed by atoms with E-state index in [0.717, 1.165) is 25.2 Å². The molecule has 1 aromatic carbocycles. The second-order valence-electron chi connectivity index (χ2n) is 4.33. The van der Waals surface area contributed by atoms with E-state index in [1.165, 1.54) is 13.2 Å². The average molecular weight is 240 g/mol. The minimum atomic E-state index is -0.452. The van der Waals surface area contributed by atoms with E-state index < -0.39 is 5.82 Å². The lowest BCUT2D eigenvalue weighted by atomic mass is 10.1. The minimum Gasteiger partial charge on any atom is -0.494 e. The van der Waals surface area contributed by atoms with Crippen molar-refractivity contribution in [2.75, 3.05) is 37.4 Å². The van der Waals surface area contributed by atoms with E-state index in [2.05, 4.69) is 4.90 Å². The standard InChI is InChI=1S/C12H17FN2O2/c1-17-12-5-11(10(14)4-9(12)13)15-3-2-8(6-15)7-16/h4-5,8,16H,2-3,6-7,14H2,1H3. The van der Waals surface area contributed by atoms with Crippen LogP contribution in [0.25, 0.3) is 0 Å². The summed E-state index contributed by atoms with van der Waals surface area (Å²) in [5, 5.41) is 9.10. The molecular weight excluding hydrogens is 223 g/mol. The van der Waals surface area contributed by atoms with Gasteiger partial charge in [0.15, 0.2) is 11.6 Å². The smallest absolute Gasteiger partial charge is 0.167 e. The van der Waals surface area contributed by atoms with E-state index in [1.54, 1.807) is 6.07 Å². The molecule has 17 heavy (non-hydrogen) atoms. The van der Waals surface area contributed by atoms with Crippen LogP contribution in [-0.4, -0.2) is 31.9 Å². The van der Waals surface area contributed by atoms with Crippen LogP contribution in [0.15, 0.2) is 12.1 Å². The Labute approximate surface area is 99.8 Å². The van der Waals surface area contributed by atoms with Crippen molar-refractivity contribution in [1.82, 2.24) is 0 Å². The molecule has 1 saturated heterocycles. The summed E-state index contributed by atoms with van der Waals surface area (Å²) in [7, 11) is 1.43. The molecule has 0 aromatic heterocycles. The average Bonchev–Trinajstić information content (AvgIpc) is 2.78. The molecule has 4 nitrogen and oxygen atoms in total. The van der Waals surface area contributed by atoms with Gasteiger partial charge in [0.25, 0.3) is 0 Å². The number of rotatable bonds is 3. The van der Waals surface area contributed by atoms with Crippen LogP contribution in [0.4, 0.5) is 15.8 Å². The number of halogens is 1. The van der Waals surface area contributed by atoms with Crippen LogP contribution in [0.5, 0.6) is 5.75 Å². The summed E-state index contributed by atoms with van der Waals surface area (Å²) in [6, 6.07) is 2.89. The van der Waals surface area contributed by atoms with Crippen molar-refractivity contribution in [3.05, 3.63) is 17.9 Å². The lowest BCUT2D eigenvalue weighted by molar-refractivity contribution is 0.238. The van der Waals surface area contributed by atoms with Crippen LogP contribution in [0.3, 0.4) is 0 Å². The molecule has 1 aliphatic heterocycles. The van der Waals surface area contributed by atoms with E-state index in [9.17, 15) is 4.39 Å². The lowest BCUT2D eigenvalue weighted by Crippen LogP contribution is -2.21. The van der Waals surface area contributed by atoms with Gasteiger partial charge >= 0.3 is 0 Å². The van der Waals surface area contributed by atoms with Crippen LogP contribution >= 0.6 is 0 Å². The summed E-state index contributed by atoms with van der Waals surface area (Å²) in [6.45, 7) is 1.74. The number of benzene rings is 1. The second kappa shape index (κ2) is 4.79. The summed E-state index contributed by atoms with van der Waals surface area (Å²) in [5.41, 5.74) is 6.99. The second-order valence-corrected chi connectivity index (χ2v) is 4.33. The molecule has 0 amide bonds. The molecule has 1 atom stereocenters. The van der Waals surface area contributed by atoms with Crippen molar-refractivity contribution in [2.24, 2.45) is 5.92 Å². The number of aliphatic hydroxyl groups is 1. The first-order valence-corrected chi connectivity index (χ1v) is 5.64. The number of hydrogen-bond acceptors (Lipinski definition) is 4. The maximum atomic E-state index is 13.4. The van der Waals surface area contributed by atoms with E-state index >= 15 is 0 Å². The van der Waals surface area contributed by atoms with Crippen LogP contribution in [0, 0.1) is 11.7 Å². The normalized spacial score (nSPS) is 19.7. The van der Waals surface area contributed by atoms with Crippen LogP contribution in [0.2, 0.25) is 0 Å². The molecular formula is C12H17FN2O2. The first-order valence-electron chi connectivity index (χ1n) is 5.64. The Bertz CT molecular complexity index is 412. The van der Waals surface area contributed by atoms with Gasteiger partial charge in [-0.15, -0.1) is 0 Å². The molecule has 5 heteroatoms. The van der Waals surface area contributed by atoms with E-state index in [4.69, 9.17) is 15.6 Å². The molecule has 0 saturated carbocycles. The van der Waals surface area contributed by atoms with Crippen LogP contribution in [-0.2, 0) is 0 Å². The number of nitrogen functional groups attached to an aromatic ring is 1. The zero-order valence-electron chi connectivity index (χ0n) is 9.82. The van der Waals surface area contributed by atoms with Gasteiger partial charge in [0.2, 0.25) is 0 Å². The van der Waals surface area contributed by atoms with Crippen molar-refractivity contribution < 1.29 is 14.2 Å². The molecule has 3 N–H and O–H groups in total. The number of hydrogen-bond donors (Lipinski definition) is 2. The zero-order chi connectivity index (χ0) is 12.4. The van der Waals surface area contributed by atoms with Crippen LogP contribution < -0.4 is 15.4 Å². The van der Waals surface area contributed by atoms with Crippen molar-refractivity contribution in [3.63, 3.8) is 0 Å². The van der Waals surface area contributed by atoms with E-state index in [0.29, 0.717) is 5.69 Å². The fraction of sp³-hybridized carbons (Fsp3) is 0.500. The maximum Gasteiger partial charge on any atom is 0.167 e.